The first-order valence-electron chi connectivity index (χ1n) is 8.42. The lowest BCUT2D eigenvalue weighted by atomic mass is 10.0. The predicted molar refractivity (Wildman–Crippen MR) is 96.5 cm³/mol. The molecule has 2 aromatic rings. The number of amides is 1. The first-order chi connectivity index (χ1) is 12.0. The summed E-state index contributed by atoms with van der Waals surface area (Å²) in [6.07, 6.45) is 2.79. The lowest BCUT2D eigenvalue weighted by Gasteiger charge is -2.16. The fraction of sp³-hybridized carbons (Fsp3) is 0.444. The van der Waals surface area contributed by atoms with Crippen LogP contribution in [-0.2, 0) is 16.0 Å². The zero-order valence-corrected chi connectivity index (χ0v) is 15.3. The van der Waals surface area contributed by atoms with Crippen molar-refractivity contribution < 1.29 is 9.59 Å². The van der Waals surface area contributed by atoms with Gasteiger partial charge in [-0.2, -0.15) is 0 Å². The van der Waals surface area contributed by atoms with Crippen molar-refractivity contribution in [3.63, 3.8) is 0 Å². The molecule has 1 saturated carbocycles. The summed E-state index contributed by atoms with van der Waals surface area (Å²) in [6.45, 7) is 3.44. The Morgan fingerprint density at radius 2 is 2.00 bits per heavy atom. The van der Waals surface area contributed by atoms with Gasteiger partial charge in [0.05, 0.1) is 11.8 Å². The van der Waals surface area contributed by atoms with Crippen LogP contribution in [0.5, 0.6) is 0 Å². The molecule has 7 heteroatoms. The topological polar surface area (TPSA) is 76.9 Å². The summed E-state index contributed by atoms with van der Waals surface area (Å²) < 4.78 is 2.10. The molecule has 0 bridgehead atoms. The molecule has 0 aliphatic heterocycles. The number of hydrogen-bond acceptors (Lipinski definition) is 5. The van der Waals surface area contributed by atoms with Gasteiger partial charge in [-0.3, -0.25) is 9.59 Å². The number of Topliss-reactive ketones (excluding diaryl/α,β-unsaturated/α-hetero) is 1. The van der Waals surface area contributed by atoms with Gasteiger partial charge >= 0.3 is 0 Å². The van der Waals surface area contributed by atoms with Crippen LogP contribution in [0.25, 0.3) is 0 Å². The molecule has 1 atom stereocenters. The second-order valence-electron chi connectivity index (χ2n) is 6.34. The Morgan fingerprint density at radius 3 is 2.64 bits per heavy atom. The second kappa shape index (κ2) is 7.82. The highest BCUT2D eigenvalue weighted by molar-refractivity contribution is 7.99. The fourth-order valence-corrected chi connectivity index (χ4v) is 3.58. The van der Waals surface area contributed by atoms with E-state index in [1.807, 2.05) is 37.3 Å². The fourth-order valence-electron chi connectivity index (χ4n) is 2.71. The van der Waals surface area contributed by atoms with Crippen molar-refractivity contribution in [3.05, 3.63) is 41.7 Å². The number of nitrogens with one attached hydrogen (secondary N) is 1. The zero-order chi connectivity index (χ0) is 17.8. The second-order valence-corrected chi connectivity index (χ2v) is 7.28. The van der Waals surface area contributed by atoms with E-state index in [0.717, 1.165) is 29.4 Å². The van der Waals surface area contributed by atoms with Crippen molar-refractivity contribution >= 4 is 23.5 Å². The summed E-state index contributed by atoms with van der Waals surface area (Å²) in [4.78, 5) is 24.1. The quantitative estimate of drug-likeness (QED) is 0.733. The lowest BCUT2D eigenvalue weighted by molar-refractivity contribution is -0.125. The summed E-state index contributed by atoms with van der Waals surface area (Å²) >= 11 is 1.37. The van der Waals surface area contributed by atoms with Gasteiger partial charge in [0, 0.05) is 6.04 Å². The molecule has 3 rings (SSSR count). The molecular formula is C18H22N4O2S. The number of hydrogen-bond donors (Lipinski definition) is 1. The van der Waals surface area contributed by atoms with Gasteiger partial charge in [0.25, 0.3) is 0 Å². The molecule has 6 nitrogen and oxygen atoms in total. The van der Waals surface area contributed by atoms with Gasteiger partial charge in [-0.25, -0.2) is 0 Å². The maximum atomic E-state index is 12.3. The van der Waals surface area contributed by atoms with Crippen molar-refractivity contribution in [3.8, 4) is 0 Å². The van der Waals surface area contributed by atoms with E-state index in [0.29, 0.717) is 12.5 Å². The Kier molecular flexibility index (Phi) is 5.53. The minimum absolute atomic E-state index is 0.0424. The van der Waals surface area contributed by atoms with Crippen LogP contribution in [0, 0.1) is 6.92 Å². The van der Waals surface area contributed by atoms with E-state index >= 15 is 0 Å². The molecule has 0 unspecified atom stereocenters. The molecule has 1 aromatic carbocycles. The van der Waals surface area contributed by atoms with Crippen molar-refractivity contribution in [1.29, 1.82) is 0 Å². The highest BCUT2D eigenvalue weighted by Gasteiger charge is 2.28. The normalized spacial score (nSPS) is 15.0. The standard InChI is InChI=1S/C18H22N4O2S/c1-12(23)16(10-14-6-4-3-5-7-14)19-17(24)11-25-18-21-20-13(2)22(18)15-8-9-15/h3-7,15-16H,8-11H2,1-2H3,(H,19,24)/t16-/m1/s1. The van der Waals surface area contributed by atoms with Crippen LogP contribution in [0.2, 0.25) is 0 Å². The zero-order valence-electron chi connectivity index (χ0n) is 14.4. The van der Waals surface area contributed by atoms with Gasteiger partial charge in [0.2, 0.25) is 5.91 Å². The van der Waals surface area contributed by atoms with Crippen LogP contribution in [0.15, 0.2) is 35.5 Å². The molecule has 1 fully saturated rings. The van der Waals surface area contributed by atoms with Crippen LogP contribution in [0.1, 0.15) is 37.2 Å². The maximum absolute atomic E-state index is 12.3. The van der Waals surface area contributed by atoms with E-state index in [-0.39, 0.29) is 17.4 Å². The van der Waals surface area contributed by atoms with Crippen molar-refractivity contribution in [1.82, 2.24) is 20.1 Å². The van der Waals surface area contributed by atoms with Crippen LogP contribution < -0.4 is 5.32 Å². The molecule has 25 heavy (non-hydrogen) atoms. The summed E-state index contributed by atoms with van der Waals surface area (Å²) in [5, 5.41) is 11.9. The number of nitrogens with zero attached hydrogens (tertiary/aromatic N) is 3. The van der Waals surface area contributed by atoms with Gasteiger partial charge in [0.1, 0.15) is 5.82 Å². The average Bonchev–Trinajstić information content (AvgIpc) is 3.36. The SMILES string of the molecule is CC(=O)[C@@H](Cc1ccccc1)NC(=O)CSc1nnc(C)n1C1CC1. The Labute approximate surface area is 151 Å². The largest absolute Gasteiger partial charge is 0.345 e. The minimum Gasteiger partial charge on any atom is -0.345 e. The average molecular weight is 358 g/mol. The monoisotopic (exact) mass is 358 g/mol. The number of carbonyl (C=O) groups is 2. The molecule has 132 valence electrons. The van der Waals surface area contributed by atoms with Crippen molar-refractivity contribution in [2.24, 2.45) is 0 Å². The van der Waals surface area contributed by atoms with Gasteiger partial charge in [-0.1, -0.05) is 42.1 Å². The van der Waals surface area contributed by atoms with E-state index in [4.69, 9.17) is 0 Å². The van der Waals surface area contributed by atoms with Gasteiger partial charge in [-0.15, -0.1) is 10.2 Å². The third kappa shape index (κ3) is 4.69. The Morgan fingerprint density at radius 1 is 1.28 bits per heavy atom. The number of thioether (sulfide) groups is 1. The van der Waals surface area contributed by atoms with Crippen LogP contribution in [0.4, 0.5) is 0 Å². The summed E-state index contributed by atoms with van der Waals surface area (Å²) in [5.74, 6) is 0.906. The van der Waals surface area contributed by atoms with Crippen LogP contribution >= 0.6 is 11.8 Å². The summed E-state index contributed by atoms with van der Waals surface area (Å²) in [7, 11) is 0. The molecular weight excluding hydrogens is 336 g/mol. The minimum atomic E-state index is -0.501. The molecule has 1 N–H and O–H groups in total. The van der Waals surface area contributed by atoms with Crippen molar-refractivity contribution in [2.75, 3.05) is 5.75 Å². The van der Waals surface area contributed by atoms with E-state index in [2.05, 4.69) is 20.1 Å². The lowest BCUT2D eigenvalue weighted by Crippen LogP contribution is -2.42. The van der Waals surface area contributed by atoms with Gasteiger partial charge < -0.3 is 9.88 Å². The first kappa shape index (κ1) is 17.7. The van der Waals surface area contributed by atoms with E-state index < -0.39 is 6.04 Å². The van der Waals surface area contributed by atoms with Gasteiger partial charge in [-0.05, 0) is 38.7 Å². The number of aryl methyl sites for hydroxylation is 1. The molecule has 1 aliphatic carbocycles. The molecule has 1 aliphatic rings. The molecule has 0 radical (unpaired) electrons. The van der Waals surface area contributed by atoms with E-state index in [9.17, 15) is 9.59 Å². The van der Waals surface area contributed by atoms with Crippen LogP contribution in [-0.4, -0.2) is 38.2 Å². The van der Waals surface area contributed by atoms with E-state index in [1.165, 1.54) is 18.7 Å². The van der Waals surface area contributed by atoms with Gasteiger partial charge in [0.15, 0.2) is 10.9 Å². The van der Waals surface area contributed by atoms with E-state index in [1.54, 1.807) is 0 Å². The number of carbonyl (C=O) groups excluding carboxylic acids is 2. The van der Waals surface area contributed by atoms with Crippen molar-refractivity contribution in [2.45, 2.75) is 50.4 Å². The third-order valence-corrected chi connectivity index (χ3v) is 5.13. The highest BCUT2D eigenvalue weighted by atomic mass is 32.2. The number of aromatic nitrogens is 3. The third-order valence-electron chi connectivity index (χ3n) is 4.19. The number of benzene rings is 1. The summed E-state index contributed by atoms with van der Waals surface area (Å²) in [5.41, 5.74) is 1.03. The molecule has 1 aromatic heterocycles. The molecule has 0 spiro atoms. The first-order valence-corrected chi connectivity index (χ1v) is 9.41. The smallest absolute Gasteiger partial charge is 0.231 e. The summed E-state index contributed by atoms with van der Waals surface area (Å²) in [6, 6.07) is 9.67. The molecule has 0 saturated heterocycles. The Bertz CT molecular complexity index is 756. The van der Waals surface area contributed by atoms with Crippen LogP contribution in [0.3, 0.4) is 0 Å². The Balaban J connectivity index is 1.56. The number of ketones is 1. The Hall–Kier alpha value is -2.15. The molecule has 1 amide bonds. The highest BCUT2D eigenvalue weighted by Crippen LogP contribution is 2.38. The number of rotatable bonds is 8. The maximum Gasteiger partial charge on any atom is 0.231 e. The predicted octanol–water partition coefficient (Wildman–Crippen LogP) is 2.33. The molecule has 1 heterocycles.